The third-order valence-corrected chi connectivity index (χ3v) is 2.36. The van der Waals surface area contributed by atoms with Crippen molar-refractivity contribution in [3.63, 3.8) is 0 Å². The first-order chi connectivity index (χ1) is 10.0. The topological polar surface area (TPSA) is 27.7 Å². The molecule has 0 saturated heterocycles. The zero-order valence-electron chi connectivity index (χ0n) is 18.5. The molecular weight excluding hydrogens is 553 g/mol. The van der Waals surface area contributed by atoms with Crippen LogP contribution in [-0.2, 0) is 33.4 Å². The van der Waals surface area contributed by atoms with Crippen molar-refractivity contribution in [2.45, 2.75) is 20.8 Å². The molecule has 0 N–H and O–H groups in total. The number of rotatable bonds is 6. The van der Waals surface area contributed by atoms with E-state index in [9.17, 15) is 0 Å². The zero-order chi connectivity index (χ0) is 18.6. The summed E-state index contributed by atoms with van der Waals surface area (Å²) in [4.78, 5) is 0. The molecule has 0 fully saturated rings. The molecule has 0 atom stereocenters. The van der Waals surface area contributed by atoms with Gasteiger partial charge in [-0.3, -0.25) is 0 Å². The van der Waals surface area contributed by atoms with Gasteiger partial charge in [-0.2, -0.15) is 0 Å². The first-order valence-electron chi connectivity index (χ1n) is 7.62. The fourth-order valence-corrected chi connectivity index (χ4v) is 1.44. The molecule has 0 aliphatic rings. The molecule has 156 valence electrons. The number of hydrogen-bond acceptors (Lipinski definition) is 3. The molecule has 0 aromatic rings. The van der Waals surface area contributed by atoms with Gasteiger partial charge in [0.1, 0.15) is 0 Å². The molecule has 0 amide bonds. The second-order valence-corrected chi connectivity index (χ2v) is 15.0. The fraction of sp³-hybridized carbons (Fsp3) is 0.938. The van der Waals surface area contributed by atoms with Crippen LogP contribution < -0.4 is 0 Å². The van der Waals surface area contributed by atoms with Gasteiger partial charge in [0.25, 0.3) is 0 Å². The summed E-state index contributed by atoms with van der Waals surface area (Å²) in [5.74, 6) is 0. The van der Waals surface area contributed by atoms with Crippen LogP contribution in [-0.4, -0.2) is 89.3 Å². The third-order valence-electron chi connectivity index (χ3n) is 0.787. The Kier molecular flexibility index (Phi) is 61.0. The van der Waals surface area contributed by atoms with E-state index in [1.54, 1.807) is 0 Å². The fourth-order valence-electron chi connectivity index (χ4n) is 0.479. The summed E-state index contributed by atoms with van der Waals surface area (Å²) < 4.78 is 15.5. The van der Waals surface area contributed by atoms with Gasteiger partial charge in [0, 0.05) is 39.9 Å². The molecule has 0 aliphatic carbocycles. The van der Waals surface area contributed by atoms with Crippen LogP contribution in [0.4, 0.5) is 0 Å². The Morgan fingerprint density at radius 1 is 0.542 bits per heavy atom. The Labute approximate surface area is 174 Å². The zero-order valence-corrected chi connectivity index (χ0v) is 24.6. The van der Waals surface area contributed by atoms with Crippen LogP contribution in [0.3, 0.4) is 0 Å². The summed E-state index contributed by atoms with van der Waals surface area (Å²) in [6.45, 7) is 27.9. The predicted molar refractivity (Wildman–Crippen MR) is 121 cm³/mol. The molecule has 0 bridgehead atoms. The van der Waals surface area contributed by atoms with E-state index in [0.29, 0.717) is 43.6 Å². The minimum Gasteiger partial charge on any atom is -0.371 e. The normalized spacial score (nSPS) is 9.00. The Hall–Kier alpha value is 2.04. The monoisotopic (exact) mass is 599 g/mol. The van der Waals surface area contributed by atoms with E-state index >= 15 is 0 Å². The van der Waals surface area contributed by atoms with Gasteiger partial charge < -0.3 is 20.7 Å². The molecule has 0 rings (SSSR count). The first kappa shape index (κ1) is 40.7. The van der Waals surface area contributed by atoms with Crippen LogP contribution in [0.5, 0.6) is 0 Å². The van der Waals surface area contributed by atoms with E-state index in [-0.39, 0.29) is 27.5 Å². The Balaban J connectivity index is -0.0000000492. The van der Waals surface area contributed by atoms with E-state index in [1.165, 1.54) is 0 Å². The van der Waals surface area contributed by atoms with Crippen molar-refractivity contribution in [2.75, 3.05) is 79.8 Å². The van der Waals surface area contributed by atoms with Crippen molar-refractivity contribution < 1.29 is 33.4 Å². The summed E-state index contributed by atoms with van der Waals surface area (Å²) in [6, 6.07) is 0. The Morgan fingerprint density at radius 3 is 0.750 bits per heavy atom. The third kappa shape index (κ3) is 105. The quantitative estimate of drug-likeness (QED) is 0.226. The summed E-state index contributed by atoms with van der Waals surface area (Å²) in [5, 5.41) is 0. The molecule has 0 spiro atoms. The molecule has 3 nitrogen and oxygen atoms in total. The second kappa shape index (κ2) is 36.0. The van der Waals surface area contributed by atoms with E-state index < -0.39 is 9.53 Å². The molecule has 0 heterocycles. The van der Waals surface area contributed by atoms with Gasteiger partial charge in [0.15, 0.2) is 0 Å². The van der Waals surface area contributed by atoms with Gasteiger partial charge in [0.2, 0.25) is 0 Å². The van der Waals surface area contributed by atoms with Crippen LogP contribution in [0.15, 0.2) is 0 Å². The van der Waals surface area contributed by atoms with Crippen LogP contribution >= 0.6 is 23.8 Å². The molecule has 0 aromatic carbocycles. The van der Waals surface area contributed by atoms with Crippen molar-refractivity contribution in [3.05, 3.63) is 7.43 Å². The maximum absolute atomic E-state index is 5.18. The maximum atomic E-state index is 5.18. The van der Waals surface area contributed by atoms with Crippen LogP contribution in [0, 0.1) is 7.43 Å². The van der Waals surface area contributed by atoms with Gasteiger partial charge >= 0.3 is 9.53 Å². The van der Waals surface area contributed by atoms with Gasteiger partial charge in [-0.05, 0) is 80.8 Å². The smallest absolute Gasteiger partial charge is 0.371 e. The van der Waals surface area contributed by atoms with Gasteiger partial charge in [-0.15, -0.1) is 23.8 Å². The van der Waals surface area contributed by atoms with Crippen molar-refractivity contribution in [2.24, 2.45) is 0 Å². The maximum Gasteiger partial charge on any atom is 0.577 e. The van der Waals surface area contributed by atoms with Crippen LogP contribution in [0.2, 0.25) is 0 Å². The average molecular weight is 599 g/mol. The summed E-state index contributed by atoms with van der Waals surface area (Å²) in [5.41, 5.74) is 0. The van der Waals surface area contributed by atoms with Gasteiger partial charge in [-0.25, -0.2) is 0 Å². The minimum absolute atomic E-state index is 0. The van der Waals surface area contributed by atoms with E-state index in [4.69, 9.17) is 13.3 Å². The molecule has 8 heteroatoms. The molecule has 0 saturated carbocycles. The summed E-state index contributed by atoms with van der Waals surface area (Å²) in [7, 11) is -0.258. The van der Waals surface area contributed by atoms with E-state index in [1.807, 2.05) is 20.8 Å². The van der Waals surface area contributed by atoms with Crippen LogP contribution in [0.1, 0.15) is 20.8 Å². The summed E-state index contributed by atoms with van der Waals surface area (Å²) in [6.07, 6.45) is 0. The van der Waals surface area contributed by atoms with Gasteiger partial charge in [-0.1, -0.05) is 0 Å². The molecule has 24 heavy (non-hydrogen) atoms. The van der Waals surface area contributed by atoms with Crippen LogP contribution in [0.25, 0.3) is 0 Å². The minimum atomic E-state index is -1.40. The van der Waals surface area contributed by atoms with Crippen molar-refractivity contribution in [3.8, 4) is 0 Å². The molecular formula is C16H45IrO3P3Si-. The molecule has 0 aromatic heterocycles. The Bertz CT molecular complexity index is 144. The predicted octanol–water partition coefficient (Wildman–Crippen LogP) is 5.60. The second-order valence-electron chi connectivity index (χ2n) is 5.57. The van der Waals surface area contributed by atoms with E-state index in [0.717, 1.165) is 0 Å². The SMILES string of the molecule is CCO[Si](OCC)OCC.CP(C)C.CP(C)C.CP(C)C.[CH3-].[Ir]. The van der Waals surface area contributed by atoms with Crippen molar-refractivity contribution in [1.82, 2.24) is 0 Å². The summed E-state index contributed by atoms with van der Waals surface area (Å²) >= 11 is 0. The largest absolute Gasteiger partial charge is 0.577 e. The standard InChI is InChI=1S/C6H15O3Si.3C3H9P.CH3.Ir/c1-4-7-10(8-5-2)9-6-3;3*1-4(2)3;;/h4-6H2,1-3H3;3*1-3H3;1H3;/q;;;;-1;. The van der Waals surface area contributed by atoms with Crippen molar-refractivity contribution in [1.29, 1.82) is 0 Å². The first-order valence-corrected chi connectivity index (χ1v) is 16.9. The molecule has 2 radical (unpaired) electrons. The number of hydrogen-bond donors (Lipinski definition) is 0. The molecule has 0 aliphatic heterocycles. The average Bonchev–Trinajstić information content (AvgIpc) is 2.27. The van der Waals surface area contributed by atoms with E-state index in [2.05, 4.69) is 60.0 Å². The van der Waals surface area contributed by atoms with Gasteiger partial charge in [0.05, 0.1) is 0 Å². The Morgan fingerprint density at radius 2 is 0.667 bits per heavy atom. The van der Waals surface area contributed by atoms with Crippen molar-refractivity contribution >= 4 is 33.3 Å². The molecule has 0 unspecified atom stereocenters.